The Hall–Kier alpha value is -1.48. The van der Waals surface area contributed by atoms with Crippen LogP contribution in [0.5, 0.6) is 0 Å². The summed E-state index contributed by atoms with van der Waals surface area (Å²) in [5, 5.41) is 2.79. The monoisotopic (exact) mass is 355 g/mol. The van der Waals surface area contributed by atoms with Crippen molar-refractivity contribution in [1.82, 2.24) is 14.5 Å². The molecular formula is C16H25N3O4S. The molecule has 2 rings (SSSR count). The van der Waals surface area contributed by atoms with Crippen molar-refractivity contribution in [1.29, 1.82) is 0 Å². The highest BCUT2D eigenvalue weighted by Gasteiger charge is 2.29. The van der Waals surface area contributed by atoms with Crippen molar-refractivity contribution in [2.75, 3.05) is 46.9 Å². The van der Waals surface area contributed by atoms with Crippen LogP contribution in [0, 0.1) is 0 Å². The molecule has 8 heteroatoms. The summed E-state index contributed by atoms with van der Waals surface area (Å²) in [6.07, 6.45) is -0.133. The number of carbonyl (C=O) groups excluding carboxylic acids is 1. The molecule has 1 heterocycles. The van der Waals surface area contributed by atoms with Crippen LogP contribution in [0.25, 0.3) is 0 Å². The lowest BCUT2D eigenvalue weighted by Gasteiger charge is -2.30. The van der Waals surface area contributed by atoms with Gasteiger partial charge in [-0.2, -0.15) is 4.31 Å². The zero-order valence-corrected chi connectivity index (χ0v) is 15.2. The van der Waals surface area contributed by atoms with Crippen molar-refractivity contribution in [2.45, 2.75) is 17.9 Å². The summed E-state index contributed by atoms with van der Waals surface area (Å²) in [6.45, 7) is 4.09. The van der Waals surface area contributed by atoms with Crippen molar-refractivity contribution < 1.29 is 17.9 Å². The van der Waals surface area contributed by atoms with E-state index in [4.69, 9.17) is 4.74 Å². The van der Waals surface area contributed by atoms with E-state index in [2.05, 4.69) is 5.32 Å². The first-order valence-corrected chi connectivity index (χ1v) is 9.39. The van der Waals surface area contributed by atoms with Crippen LogP contribution < -0.4 is 5.32 Å². The molecule has 1 aromatic rings. The molecule has 7 nitrogen and oxygen atoms in total. The Labute approximate surface area is 143 Å². The van der Waals surface area contributed by atoms with E-state index in [-0.39, 0.29) is 16.9 Å². The highest BCUT2D eigenvalue weighted by Crippen LogP contribution is 2.19. The number of amides is 1. The van der Waals surface area contributed by atoms with Crippen LogP contribution in [0.3, 0.4) is 0 Å². The Morgan fingerprint density at radius 1 is 1.42 bits per heavy atom. The van der Waals surface area contributed by atoms with E-state index >= 15 is 0 Å². The van der Waals surface area contributed by atoms with E-state index in [1.807, 2.05) is 25.9 Å². The van der Waals surface area contributed by atoms with E-state index in [0.717, 1.165) is 6.54 Å². The molecule has 1 unspecified atom stereocenters. The van der Waals surface area contributed by atoms with Gasteiger partial charge in [0.25, 0.3) is 5.91 Å². The number of nitrogens with one attached hydrogen (secondary N) is 1. The fourth-order valence-corrected chi connectivity index (χ4v) is 3.99. The van der Waals surface area contributed by atoms with Gasteiger partial charge in [0.15, 0.2) is 0 Å². The Bertz CT molecular complexity index is 676. The average Bonchev–Trinajstić information content (AvgIpc) is 2.54. The largest absolute Gasteiger partial charge is 0.376 e. The molecule has 1 saturated heterocycles. The lowest BCUT2D eigenvalue weighted by molar-refractivity contribution is 0.0102. The second kappa shape index (κ2) is 8.06. The SMILES string of the molecule is CC1CN(S(=O)(=O)c2cccc(C(=O)NCCN(C)C)c2)CCO1. The van der Waals surface area contributed by atoms with E-state index in [1.165, 1.54) is 16.4 Å². The fourth-order valence-electron chi connectivity index (χ4n) is 2.45. The van der Waals surface area contributed by atoms with Crippen LogP contribution in [-0.2, 0) is 14.8 Å². The van der Waals surface area contributed by atoms with E-state index in [9.17, 15) is 13.2 Å². The molecule has 1 aromatic carbocycles. The van der Waals surface area contributed by atoms with Gasteiger partial charge in [-0.15, -0.1) is 0 Å². The van der Waals surface area contributed by atoms with Gasteiger partial charge in [-0.25, -0.2) is 8.42 Å². The first kappa shape index (κ1) is 18.9. The zero-order valence-electron chi connectivity index (χ0n) is 14.4. The summed E-state index contributed by atoms with van der Waals surface area (Å²) >= 11 is 0. The van der Waals surface area contributed by atoms with Gasteiger partial charge in [0.1, 0.15) is 0 Å². The molecule has 0 spiro atoms. The summed E-state index contributed by atoms with van der Waals surface area (Å²) in [7, 11) is 0.219. The summed E-state index contributed by atoms with van der Waals surface area (Å²) < 4.78 is 32.3. The van der Waals surface area contributed by atoms with Crippen LogP contribution >= 0.6 is 0 Å². The first-order chi connectivity index (χ1) is 11.3. The molecule has 134 valence electrons. The molecule has 1 atom stereocenters. The van der Waals surface area contributed by atoms with Crippen molar-refractivity contribution in [3.8, 4) is 0 Å². The Morgan fingerprint density at radius 2 is 2.17 bits per heavy atom. The van der Waals surface area contributed by atoms with Gasteiger partial charge < -0.3 is 15.0 Å². The molecular weight excluding hydrogens is 330 g/mol. The van der Waals surface area contributed by atoms with E-state index in [1.54, 1.807) is 12.1 Å². The summed E-state index contributed by atoms with van der Waals surface area (Å²) in [4.78, 5) is 14.3. The third-order valence-electron chi connectivity index (χ3n) is 3.78. The van der Waals surface area contributed by atoms with Gasteiger partial charge in [-0.1, -0.05) is 6.07 Å². The smallest absolute Gasteiger partial charge is 0.251 e. The van der Waals surface area contributed by atoms with Crippen LogP contribution in [0.1, 0.15) is 17.3 Å². The quantitative estimate of drug-likeness (QED) is 0.798. The number of nitrogens with zero attached hydrogens (tertiary/aromatic N) is 2. The number of morpholine rings is 1. The zero-order chi connectivity index (χ0) is 17.7. The first-order valence-electron chi connectivity index (χ1n) is 7.95. The molecule has 0 aromatic heterocycles. The Balaban J connectivity index is 2.12. The van der Waals surface area contributed by atoms with Crippen molar-refractivity contribution in [3.63, 3.8) is 0 Å². The maximum Gasteiger partial charge on any atom is 0.251 e. The van der Waals surface area contributed by atoms with Crippen LogP contribution in [-0.4, -0.2) is 76.5 Å². The van der Waals surface area contributed by atoms with Gasteiger partial charge >= 0.3 is 0 Å². The average molecular weight is 355 g/mol. The van der Waals surface area contributed by atoms with Crippen LogP contribution in [0.15, 0.2) is 29.2 Å². The number of carbonyl (C=O) groups is 1. The molecule has 0 saturated carbocycles. The highest BCUT2D eigenvalue weighted by atomic mass is 32.2. The molecule has 24 heavy (non-hydrogen) atoms. The predicted molar refractivity (Wildman–Crippen MR) is 91.5 cm³/mol. The summed E-state index contributed by atoms with van der Waals surface area (Å²) in [6, 6.07) is 6.16. The van der Waals surface area contributed by atoms with E-state index < -0.39 is 10.0 Å². The number of rotatable bonds is 6. The number of ether oxygens (including phenoxy) is 1. The molecule has 1 aliphatic rings. The fraction of sp³-hybridized carbons (Fsp3) is 0.562. The summed E-state index contributed by atoms with van der Waals surface area (Å²) in [5.41, 5.74) is 0.344. The van der Waals surface area contributed by atoms with Crippen LogP contribution in [0.4, 0.5) is 0 Å². The van der Waals surface area contributed by atoms with Gasteiger partial charge in [0.2, 0.25) is 10.0 Å². The normalized spacial score (nSPS) is 19.4. The predicted octanol–water partition coefficient (Wildman–Crippen LogP) is 0.387. The molecule has 0 radical (unpaired) electrons. The minimum Gasteiger partial charge on any atom is -0.376 e. The van der Waals surface area contributed by atoms with Crippen molar-refractivity contribution in [3.05, 3.63) is 29.8 Å². The second-order valence-corrected chi connectivity index (χ2v) is 8.07. The van der Waals surface area contributed by atoms with E-state index in [0.29, 0.717) is 31.8 Å². The maximum atomic E-state index is 12.7. The highest BCUT2D eigenvalue weighted by molar-refractivity contribution is 7.89. The Kier molecular flexibility index (Phi) is 6.34. The lowest BCUT2D eigenvalue weighted by Crippen LogP contribution is -2.44. The van der Waals surface area contributed by atoms with Crippen molar-refractivity contribution in [2.24, 2.45) is 0 Å². The standard InChI is InChI=1S/C16H25N3O4S/c1-13-12-19(9-10-23-13)24(21,22)15-6-4-5-14(11-15)16(20)17-7-8-18(2)3/h4-6,11,13H,7-10,12H2,1-3H3,(H,17,20). The minimum atomic E-state index is -3.62. The maximum absolute atomic E-state index is 12.7. The minimum absolute atomic E-state index is 0.133. The summed E-state index contributed by atoms with van der Waals surface area (Å²) in [5.74, 6) is -0.274. The lowest BCUT2D eigenvalue weighted by atomic mass is 10.2. The van der Waals surface area contributed by atoms with Gasteiger partial charge in [0.05, 0.1) is 17.6 Å². The number of hydrogen-bond donors (Lipinski definition) is 1. The molecule has 0 aliphatic carbocycles. The van der Waals surface area contributed by atoms with Gasteiger partial charge in [-0.3, -0.25) is 4.79 Å². The third-order valence-corrected chi connectivity index (χ3v) is 5.64. The molecule has 1 aliphatic heterocycles. The molecule has 1 N–H and O–H groups in total. The number of sulfonamides is 1. The molecule has 1 amide bonds. The Morgan fingerprint density at radius 3 is 2.83 bits per heavy atom. The molecule has 1 fully saturated rings. The van der Waals surface area contributed by atoms with Gasteiger partial charge in [-0.05, 0) is 39.2 Å². The molecule has 0 bridgehead atoms. The topological polar surface area (TPSA) is 79.0 Å². The number of hydrogen-bond acceptors (Lipinski definition) is 5. The van der Waals surface area contributed by atoms with Crippen molar-refractivity contribution >= 4 is 15.9 Å². The van der Waals surface area contributed by atoms with Crippen LogP contribution in [0.2, 0.25) is 0 Å². The third kappa shape index (κ3) is 4.76. The van der Waals surface area contributed by atoms with Gasteiger partial charge in [0, 0.05) is 31.7 Å². The number of likely N-dealkylation sites (N-methyl/N-ethyl adjacent to an activating group) is 1. The number of benzene rings is 1. The second-order valence-electron chi connectivity index (χ2n) is 6.13.